The van der Waals surface area contributed by atoms with Gasteiger partial charge in [-0.25, -0.2) is 4.79 Å². The highest BCUT2D eigenvalue weighted by molar-refractivity contribution is 5.70. The SMILES string of the molecule is O=C(Oc1ccccc1)N1O[C@H]2C=C[C@@H]1CC2. The number of hydrogen-bond acceptors (Lipinski definition) is 3. The first-order chi connectivity index (χ1) is 8.33. The molecule has 2 aliphatic heterocycles. The first-order valence-electron chi connectivity index (χ1n) is 5.74. The second-order valence-corrected chi connectivity index (χ2v) is 4.18. The molecule has 1 saturated heterocycles. The van der Waals surface area contributed by atoms with Crippen molar-refractivity contribution in [1.29, 1.82) is 0 Å². The minimum absolute atomic E-state index is 0.0104. The van der Waals surface area contributed by atoms with Gasteiger partial charge in [-0.15, -0.1) is 0 Å². The first kappa shape index (κ1) is 10.4. The maximum atomic E-state index is 11.9. The van der Waals surface area contributed by atoms with Gasteiger partial charge in [-0.3, -0.25) is 4.84 Å². The van der Waals surface area contributed by atoms with Crippen molar-refractivity contribution < 1.29 is 14.4 Å². The fourth-order valence-electron chi connectivity index (χ4n) is 2.10. The Balaban J connectivity index is 1.70. The van der Waals surface area contributed by atoms with Crippen LogP contribution in [0.25, 0.3) is 0 Å². The third kappa shape index (κ3) is 2.03. The Hall–Kier alpha value is -1.81. The second-order valence-electron chi connectivity index (χ2n) is 4.18. The molecule has 1 aliphatic carbocycles. The van der Waals surface area contributed by atoms with Gasteiger partial charge < -0.3 is 4.74 Å². The molecule has 1 aromatic carbocycles. The van der Waals surface area contributed by atoms with E-state index in [4.69, 9.17) is 9.57 Å². The lowest BCUT2D eigenvalue weighted by atomic mass is 9.99. The number of hydrogen-bond donors (Lipinski definition) is 0. The Labute approximate surface area is 99.4 Å². The van der Waals surface area contributed by atoms with E-state index in [1.165, 1.54) is 5.06 Å². The zero-order valence-electron chi connectivity index (χ0n) is 9.28. The molecule has 0 unspecified atom stereocenters. The lowest BCUT2D eigenvalue weighted by Gasteiger charge is -2.39. The lowest BCUT2D eigenvalue weighted by molar-refractivity contribution is -0.203. The molecular weight excluding hydrogens is 218 g/mol. The summed E-state index contributed by atoms with van der Waals surface area (Å²) < 4.78 is 5.23. The first-order valence-corrected chi connectivity index (χ1v) is 5.74. The fourth-order valence-corrected chi connectivity index (χ4v) is 2.10. The maximum Gasteiger partial charge on any atom is 0.440 e. The standard InChI is InChI=1S/C13H13NO3/c15-13(16-11-4-2-1-3-5-11)14-10-6-8-12(17-14)9-7-10/h1-6,8,10,12H,7,9H2/t10-,12+/m1/s1. The number of carbonyl (C=O) groups is 1. The predicted octanol–water partition coefficient (Wildman–Crippen LogP) is 2.52. The number of ether oxygens (including phenoxy) is 1. The van der Waals surface area contributed by atoms with Crippen LogP contribution in [0.4, 0.5) is 4.79 Å². The van der Waals surface area contributed by atoms with Gasteiger partial charge in [0.15, 0.2) is 0 Å². The van der Waals surface area contributed by atoms with Crippen LogP contribution in [0.2, 0.25) is 0 Å². The summed E-state index contributed by atoms with van der Waals surface area (Å²) in [4.78, 5) is 17.4. The molecule has 4 heteroatoms. The van der Waals surface area contributed by atoms with Gasteiger partial charge in [-0.1, -0.05) is 30.4 Å². The van der Waals surface area contributed by atoms with Crippen molar-refractivity contribution in [3.8, 4) is 5.75 Å². The molecule has 0 saturated carbocycles. The number of amides is 1. The molecule has 4 rings (SSSR count). The molecule has 1 aromatic rings. The molecule has 4 nitrogen and oxygen atoms in total. The van der Waals surface area contributed by atoms with Crippen LogP contribution in [-0.4, -0.2) is 23.3 Å². The summed E-state index contributed by atoms with van der Waals surface area (Å²) in [5.41, 5.74) is 0. The Kier molecular flexibility index (Phi) is 2.57. The topological polar surface area (TPSA) is 38.8 Å². The molecule has 17 heavy (non-hydrogen) atoms. The monoisotopic (exact) mass is 231 g/mol. The third-order valence-electron chi connectivity index (χ3n) is 2.97. The minimum atomic E-state index is -0.449. The van der Waals surface area contributed by atoms with Gasteiger partial charge >= 0.3 is 6.09 Å². The van der Waals surface area contributed by atoms with Crippen LogP contribution in [0.15, 0.2) is 42.5 Å². The summed E-state index contributed by atoms with van der Waals surface area (Å²) in [5, 5.41) is 1.33. The molecule has 0 spiro atoms. The number of benzene rings is 1. The van der Waals surface area contributed by atoms with Gasteiger partial charge in [0, 0.05) is 0 Å². The van der Waals surface area contributed by atoms with Crippen molar-refractivity contribution in [2.45, 2.75) is 25.0 Å². The van der Waals surface area contributed by atoms with Crippen LogP contribution in [0.5, 0.6) is 5.75 Å². The van der Waals surface area contributed by atoms with Crippen molar-refractivity contribution in [3.63, 3.8) is 0 Å². The zero-order valence-corrected chi connectivity index (χ0v) is 9.28. The van der Waals surface area contributed by atoms with Crippen molar-refractivity contribution in [2.75, 3.05) is 0 Å². The van der Waals surface area contributed by atoms with Crippen LogP contribution in [0.1, 0.15) is 12.8 Å². The predicted molar refractivity (Wildman–Crippen MR) is 61.3 cm³/mol. The van der Waals surface area contributed by atoms with Crippen LogP contribution in [0.3, 0.4) is 0 Å². The summed E-state index contributed by atoms with van der Waals surface area (Å²) in [5.74, 6) is 0.534. The van der Waals surface area contributed by atoms with Gasteiger partial charge in [0.05, 0.1) is 6.04 Å². The Morgan fingerprint density at radius 3 is 2.65 bits per heavy atom. The van der Waals surface area contributed by atoms with Gasteiger partial charge in [0.2, 0.25) is 0 Å². The fraction of sp³-hybridized carbons (Fsp3) is 0.308. The van der Waals surface area contributed by atoms with Gasteiger partial charge in [0.1, 0.15) is 11.9 Å². The number of rotatable bonds is 1. The molecular formula is C13H13NO3. The van der Waals surface area contributed by atoms with E-state index in [1.54, 1.807) is 12.1 Å². The van der Waals surface area contributed by atoms with Gasteiger partial charge in [0.25, 0.3) is 0 Å². The highest BCUT2D eigenvalue weighted by atomic mass is 16.7. The van der Waals surface area contributed by atoms with E-state index >= 15 is 0 Å². The molecule has 2 atom stereocenters. The smallest absolute Gasteiger partial charge is 0.409 e. The maximum absolute atomic E-state index is 11.9. The molecule has 2 bridgehead atoms. The molecule has 0 aromatic heterocycles. The van der Waals surface area contributed by atoms with Crippen LogP contribution < -0.4 is 4.74 Å². The van der Waals surface area contributed by atoms with E-state index in [9.17, 15) is 4.79 Å². The van der Waals surface area contributed by atoms with Crippen molar-refractivity contribution >= 4 is 6.09 Å². The molecule has 0 N–H and O–H groups in total. The molecule has 0 radical (unpaired) electrons. The molecule has 3 aliphatic rings. The highest BCUT2D eigenvalue weighted by Crippen LogP contribution is 2.28. The van der Waals surface area contributed by atoms with Crippen molar-refractivity contribution in [2.24, 2.45) is 0 Å². The molecule has 1 fully saturated rings. The van der Waals surface area contributed by atoms with E-state index in [2.05, 4.69) is 0 Å². The average molecular weight is 231 g/mol. The Bertz CT molecular complexity index is 443. The van der Waals surface area contributed by atoms with Crippen LogP contribution in [-0.2, 0) is 4.84 Å². The third-order valence-corrected chi connectivity index (χ3v) is 2.97. The summed E-state index contributed by atoms with van der Waals surface area (Å²) in [6, 6.07) is 9.03. The zero-order chi connectivity index (χ0) is 11.7. The Morgan fingerprint density at radius 2 is 2.06 bits per heavy atom. The second kappa shape index (κ2) is 4.22. The Morgan fingerprint density at radius 1 is 1.24 bits per heavy atom. The van der Waals surface area contributed by atoms with E-state index in [-0.39, 0.29) is 12.1 Å². The summed E-state index contributed by atoms with van der Waals surface area (Å²) >= 11 is 0. The summed E-state index contributed by atoms with van der Waals surface area (Å²) in [6.45, 7) is 0. The molecule has 88 valence electrons. The number of para-hydroxylation sites is 1. The minimum Gasteiger partial charge on any atom is -0.409 e. The van der Waals surface area contributed by atoms with Crippen LogP contribution >= 0.6 is 0 Å². The van der Waals surface area contributed by atoms with Crippen molar-refractivity contribution in [1.82, 2.24) is 5.06 Å². The summed E-state index contributed by atoms with van der Waals surface area (Å²) in [6.07, 6.45) is 5.48. The average Bonchev–Trinajstić information content (AvgIpc) is 2.41. The summed E-state index contributed by atoms with van der Waals surface area (Å²) in [7, 11) is 0. The van der Waals surface area contributed by atoms with Crippen molar-refractivity contribution in [3.05, 3.63) is 42.5 Å². The van der Waals surface area contributed by atoms with E-state index in [0.717, 1.165) is 12.8 Å². The lowest BCUT2D eigenvalue weighted by Crippen LogP contribution is -2.49. The molecule has 1 amide bonds. The van der Waals surface area contributed by atoms with E-state index in [0.29, 0.717) is 5.75 Å². The normalized spacial score (nSPS) is 26.0. The largest absolute Gasteiger partial charge is 0.440 e. The number of nitrogens with zero attached hydrogens (tertiary/aromatic N) is 1. The molecule has 2 heterocycles. The number of hydroxylamine groups is 2. The van der Waals surface area contributed by atoms with Gasteiger partial charge in [-0.05, 0) is 25.0 Å². The van der Waals surface area contributed by atoms with E-state index in [1.807, 2.05) is 30.4 Å². The number of carbonyl (C=O) groups excluding carboxylic acids is 1. The van der Waals surface area contributed by atoms with Gasteiger partial charge in [-0.2, -0.15) is 5.06 Å². The van der Waals surface area contributed by atoms with E-state index < -0.39 is 6.09 Å². The van der Waals surface area contributed by atoms with Crippen LogP contribution in [0, 0.1) is 0 Å². The number of fused-ring (bicyclic) bond motifs is 2. The quantitative estimate of drug-likeness (QED) is 0.697. The highest BCUT2D eigenvalue weighted by Gasteiger charge is 2.35.